The second kappa shape index (κ2) is 9.03. The van der Waals surface area contributed by atoms with Crippen LogP contribution in [0.15, 0.2) is 29.6 Å². The number of hydrogen-bond donors (Lipinski definition) is 2. The molecule has 0 saturated carbocycles. The molecule has 6 nitrogen and oxygen atoms in total. The third-order valence-corrected chi connectivity index (χ3v) is 6.40. The van der Waals surface area contributed by atoms with E-state index in [2.05, 4.69) is 20.5 Å². The standard InChI is InChI=1S/C21H28N4O2S/c1-15-23-19(14-28-15)16-5-4-6-18(11-16)24-21(26)22-12-20(17-7-10-27-13-17)25-8-2-3-9-25/h4-6,11,14,17,20H,2-3,7-10,12-13H2,1H3,(H2,22,24,26)/t17-,20-/m0/s1. The molecule has 2 saturated heterocycles. The van der Waals surface area contributed by atoms with Crippen molar-refractivity contribution in [1.29, 1.82) is 0 Å². The molecule has 0 spiro atoms. The summed E-state index contributed by atoms with van der Waals surface area (Å²) < 4.78 is 5.60. The Bertz CT molecular complexity index is 781. The normalized spacial score (nSPS) is 21.0. The molecule has 2 N–H and O–H groups in total. The van der Waals surface area contributed by atoms with E-state index < -0.39 is 0 Å². The summed E-state index contributed by atoms with van der Waals surface area (Å²) in [5.41, 5.74) is 2.74. The molecule has 0 radical (unpaired) electrons. The fourth-order valence-corrected chi connectivity index (χ4v) is 4.77. The highest BCUT2D eigenvalue weighted by atomic mass is 32.1. The number of carbonyl (C=O) groups is 1. The molecule has 0 unspecified atom stereocenters. The minimum absolute atomic E-state index is 0.158. The van der Waals surface area contributed by atoms with E-state index in [0.717, 1.165) is 54.7 Å². The summed E-state index contributed by atoms with van der Waals surface area (Å²) in [6.45, 7) is 6.55. The minimum Gasteiger partial charge on any atom is -0.381 e. The summed E-state index contributed by atoms with van der Waals surface area (Å²) >= 11 is 1.63. The number of likely N-dealkylation sites (tertiary alicyclic amines) is 1. The van der Waals surface area contributed by atoms with Gasteiger partial charge < -0.3 is 15.4 Å². The van der Waals surface area contributed by atoms with E-state index >= 15 is 0 Å². The average Bonchev–Trinajstić information content (AvgIpc) is 3.45. The summed E-state index contributed by atoms with van der Waals surface area (Å²) in [6, 6.07) is 8.04. The maximum Gasteiger partial charge on any atom is 0.319 e. The Labute approximate surface area is 170 Å². The van der Waals surface area contributed by atoms with Crippen LogP contribution in [0.3, 0.4) is 0 Å². The Hall–Kier alpha value is -1.96. The molecule has 0 aliphatic carbocycles. The Morgan fingerprint density at radius 2 is 2.25 bits per heavy atom. The van der Waals surface area contributed by atoms with Gasteiger partial charge in [-0.15, -0.1) is 11.3 Å². The van der Waals surface area contributed by atoms with Crippen molar-refractivity contribution in [3.05, 3.63) is 34.7 Å². The van der Waals surface area contributed by atoms with Gasteiger partial charge in [0, 0.05) is 41.7 Å². The lowest BCUT2D eigenvalue weighted by Gasteiger charge is -2.31. The molecule has 150 valence electrons. The SMILES string of the molecule is Cc1nc(-c2cccc(NC(=O)NC[C@@H]([C@H]3CCOC3)N3CCCC3)c2)cs1. The summed E-state index contributed by atoms with van der Waals surface area (Å²) in [5.74, 6) is 0.509. The zero-order valence-electron chi connectivity index (χ0n) is 16.3. The summed E-state index contributed by atoms with van der Waals surface area (Å²) in [4.78, 5) is 19.6. The van der Waals surface area contributed by atoms with Crippen LogP contribution in [0.4, 0.5) is 10.5 Å². The topological polar surface area (TPSA) is 66.5 Å². The number of anilines is 1. The first-order chi connectivity index (χ1) is 13.7. The second-order valence-electron chi connectivity index (χ2n) is 7.60. The Morgan fingerprint density at radius 1 is 1.39 bits per heavy atom. The molecule has 2 amide bonds. The first kappa shape index (κ1) is 19.4. The predicted octanol–water partition coefficient (Wildman–Crippen LogP) is 3.74. The molecule has 2 atom stereocenters. The number of ether oxygens (including phenoxy) is 1. The van der Waals surface area contributed by atoms with Gasteiger partial charge in [-0.1, -0.05) is 12.1 Å². The molecule has 3 heterocycles. The number of aromatic nitrogens is 1. The van der Waals surface area contributed by atoms with Gasteiger partial charge in [-0.05, 0) is 51.4 Å². The van der Waals surface area contributed by atoms with Crippen LogP contribution in [-0.2, 0) is 4.74 Å². The maximum absolute atomic E-state index is 12.5. The molecule has 2 fully saturated rings. The number of urea groups is 1. The summed E-state index contributed by atoms with van der Waals surface area (Å²) in [5, 5.41) is 9.14. The second-order valence-corrected chi connectivity index (χ2v) is 8.66. The van der Waals surface area contributed by atoms with E-state index in [1.165, 1.54) is 12.8 Å². The number of aryl methyl sites for hydroxylation is 1. The van der Waals surface area contributed by atoms with Crippen molar-refractivity contribution in [1.82, 2.24) is 15.2 Å². The highest BCUT2D eigenvalue weighted by molar-refractivity contribution is 7.09. The molecular weight excluding hydrogens is 372 g/mol. The van der Waals surface area contributed by atoms with Crippen molar-refractivity contribution in [3.8, 4) is 11.3 Å². The highest BCUT2D eigenvalue weighted by Gasteiger charge is 2.32. The summed E-state index contributed by atoms with van der Waals surface area (Å²) in [7, 11) is 0. The van der Waals surface area contributed by atoms with E-state index in [0.29, 0.717) is 18.5 Å². The van der Waals surface area contributed by atoms with Crippen molar-refractivity contribution in [2.75, 3.05) is 38.2 Å². The van der Waals surface area contributed by atoms with Crippen LogP contribution < -0.4 is 10.6 Å². The lowest BCUT2D eigenvalue weighted by atomic mass is 9.97. The number of rotatable bonds is 6. The molecule has 2 aliphatic heterocycles. The van der Waals surface area contributed by atoms with Crippen molar-refractivity contribution in [3.63, 3.8) is 0 Å². The lowest BCUT2D eigenvalue weighted by Crippen LogP contribution is -2.48. The van der Waals surface area contributed by atoms with E-state index in [9.17, 15) is 4.79 Å². The van der Waals surface area contributed by atoms with E-state index in [4.69, 9.17) is 4.74 Å². The minimum atomic E-state index is -0.158. The largest absolute Gasteiger partial charge is 0.381 e. The van der Waals surface area contributed by atoms with Crippen LogP contribution in [0.2, 0.25) is 0 Å². The van der Waals surface area contributed by atoms with Gasteiger partial charge in [0.25, 0.3) is 0 Å². The van der Waals surface area contributed by atoms with Gasteiger partial charge in [-0.2, -0.15) is 0 Å². The maximum atomic E-state index is 12.5. The number of thiazole rings is 1. The van der Waals surface area contributed by atoms with E-state index in [-0.39, 0.29) is 6.03 Å². The first-order valence-electron chi connectivity index (χ1n) is 10.1. The number of hydrogen-bond acceptors (Lipinski definition) is 5. The van der Waals surface area contributed by atoms with Gasteiger partial charge in [0.15, 0.2) is 0 Å². The highest BCUT2D eigenvalue weighted by Crippen LogP contribution is 2.25. The number of carbonyl (C=O) groups excluding carboxylic acids is 1. The number of amides is 2. The van der Waals surface area contributed by atoms with Gasteiger partial charge in [-0.25, -0.2) is 9.78 Å². The van der Waals surface area contributed by atoms with Crippen LogP contribution in [-0.4, -0.2) is 54.8 Å². The van der Waals surface area contributed by atoms with Crippen molar-refractivity contribution in [2.24, 2.45) is 5.92 Å². The smallest absolute Gasteiger partial charge is 0.319 e. The third kappa shape index (κ3) is 4.71. The van der Waals surface area contributed by atoms with Gasteiger partial charge in [-0.3, -0.25) is 4.90 Å². The molecule has 1 aromatic carbocycles. The molecule has 0 bridgehead atoms. The van der Waals surface area contributed by atoms with Crippen molar-refractivity contribution >= 4 is 23.1 Å². The number of nitrogens with zero attached hydrogens (tertiary/aromatic N) is 2. The van der Waals surface area contributed by atoms with Gasteiger partial charge >= 0.3 is 6.03 Å². The Morgan fingerprint density at radius 3 is 2.96 bits per heavy atom. The van der Waals surface area contributed by atoms with Crippen LogP contribution in [0, 0.1) is 12.8 Å². The average molecular weight is 401 g/mol. The Kier molecular flexibility index (Phi) is 6.24. The monoisotopic (exact) mass is 400 g/mol. The van der Waals surface area contributed by atoms with E-state index in [1.807, 2.05) is 36.6 Å². The van der Waals surface area contributed by atoms with E-state index in [1.54, 1.807) is 11.3 Å². The van der Waals surface area contributed by atoms with Crippen LogP contribution in [0.1, 0.15) is 24.3 Å². The van der Waals surface area contributed by atoms with Gasteiger partial charge in [0.2, 0.25) is 0 Å². The molecule has 28 heavy (non-hydrogen) atoms. The molecule has 1 aromatic heterocycles. The zero-order valence-corrected chi connectivity index (χ0v) is 17.1. The number of nitrogens with one attached hydrogen (secondary N) is 2. The van der Waals surface area contributed by atoms with Crippen LogP contribution in [0.25, 0.3) is 11.3 Å². The lowest BCUT2D eigenvalue weighted by molar-refractivity contribution is 0.135. The number of benzene rings is 1. The fraction of sp³-hybridized carbons (Fsp3) is 0.524. The summed E-state index contributed by atoms with van der Waals surface area (Å²) in [6.07, 6.45) is 3.58. The molecule has 4 rings (SSSR count). The van der Waals surface area contributed by atoms with Gasteiger partial charge in [0.05, 0.1) is 17.3 Å². The fourth-order valence-electron chi connectivity index (χ4n) is 4.15. The quantitative estimate of drug-likeness (QED) is 0.775. The molecule has 2 aliphatic rings. The van der Waals surface area contributed by atoms with Crippen molar-refractivity contribution < 1.29 is 9.53 Å². The molecular formula is C21H28N4O2S. The molecule has 7 heteroatoms. The van der Waals surface area contributed by atoms with Crippen LogP contribution in [0.5, 0.6) is 0 Å². The van der Waals surface area contributed by atoms with Gasteiger partial charge in [0.1, 0.15) is 0 Å². The zero-order chi connectivity index (χ0) is 19.3. The molecule has 2 aromatic rings. The predicted molar refractivity (Wildman–Crippen MR) is 113 cm³/mol. The Balaban J connectivity index is 1.35. The van der Waals surface area contributed by atoms with Crippen molar-refractivity contribution in [2.45, 2.75) is 32.2 Å². The first-order valence-corrected chi connectivity index (χ1v) is 11.0. The van der Waals surface area contributed by atoms with Crippen LogP contribution >= 0.6 is 11.3 Å². The third-order valence-electron chi connectivity index (χ3n) is 5.63.